The van der Waals surface area contributed by atoms with Gasteiger partial charge in [-0.25, -0.2) is 8.78 Å². The van der Waals surface area contributed by atoms with Gasteiger partial charge in [0.25, 0.3) is 0 Å². The molecule has 0 aliphatic carbocycles. The molecule has 0 aromatic heterocycles. The Morgan fingerprint density at radius 3 is 2.33 bits per heavy atom. The lowest BCUT2D eigenvalue weighted by atomic mass is 9.99. The van der Waals surface area contributed by atoms with Crippen molar-refractivity contribution in [3.63, 3.8) is 0 Å². The molecule has 112 valence electrons. The number of nitrogens with two attached hydrogens (primary N) is 1. The molecule has 0 amide bonds. The fraction of sp³-hybridized carbons (Fsp3) is 0.200. The molecule has 3 nitrogen and oxygen atoms in total. The number of hydrogen-bond acceptors (Lipinski definition) is 3. The summed E-state index contributed by atoms with van der Waals surface area (Å²) in [5, 5.41) is 0. The van der Waals surface area contributed by atoms with Gasteiger partial charge in [0.05, 0.1) is 24.7 Å². The van der Waals surface area contributed by atoms with Crippen LogP contribution < -0.4 is 15.2 Å². The average Bonchev–Trinajstić information content (AvgIpc) is 2.51. The average molecular weight is 358 g/mol. The zero-order valence-electron chi connectivity index (χ0n) is 11.5. The van der Waals surface area contributed by atoms with Crippen LogP contribution in [0.3, 0.4) is 0 Å². The van der Waals surface area contributed by atoms with Gasteiger partial charge in [0.15, 0.2) is 23.1 Å². The Balaban J connectivity index is 2.45. The van der Waals surface area contributed by atoms with Gasteiger partial charge in [0, 0.05) is 0 Å². The van der Waals surface area contributed by atoms with Crippen LogP contribution in [0.15, 0.2) is 34.8 Å². The van der Waals surface area contributed by atoms with E-state index in [2.05, 4.69) is 15.9 Å². The van der Waals surface area contributed by atoms with Crippen LogP contribution in [0.25, 0.3) is 0 Å². The molecule has 1 atom stereocenters. The normalized spacial score (nSPS) is 12.1. The summed E-state index contributed by atoms with van der Waals surface area (Å²) in [6.45, 7) is 0. The van der Waals surface area contributed by atoms with Crippen LogP contribution >= 0.6 is 15.9 Å². The van der Waals surface area contributed by atoms with Gasteiger partial charge in [0.2, 0.25) is 0 Å². The Labute approximate surface area is 129 Å². The molecule has 0 fully saturated rings. The highest BCUT2D eigenvalue weighted by Gasteiger charge is 2.19. The smallest absolute Gasteiger partial charge is 0.173 e. The first-order valence-corrected chi connectivity index (χ1v) is 6.89. The standard InChI is InChI=1S/C15H14BrF2NO2/c1-20-11-6-3-8(7-12(11)21-2)15(19)9-4-5-10(17)14(18)13(9)16/h3-7,15H,19H2,1-2H3. The van der Waals surface area contributed by atoms with Gasteiger partial charge in [-0.2, -0.15) is 0 Å². The lowest BCUT2D eigenvalue weighted by Gasteiger charge is -2.17. The summed E-state index contributed by atoms with van der Waals surface area (Å²) in [6.07, 6.45) is 0. The Hall–Kier alpha value is -1.66. The Morgan fingerprint density at radius 2 is 1.71 bits per heavy atom. The number of rotatable bonds is 4. The molecule has 0 bridgehead atoms. The van der Waals surface area contributed by atoms with Crippen LogP contribution in [-0.2, 0) is 0 Å². The second-order valence-electron chi connectivity index (χ2n) is 4.36. The summed E-state index contributed by atoms with van der Waals surface area (Å²) < 4.78 is 37.1. The predicted molar refractivity (Wildman–Crippen MR) is 79.6 cm³/mol. The van der Waals surface area contributed by atoms with Crippen molar-refractivity contribution in [1.29, 1.82) is 0 Å². The van der Waals surface area contributed by atoms with Crippen molar-refractivity contribution in [3.8, 4) is 11.5 Å². The van der Waals surface area contributed by atoms with Crippen molar-refractivity contribution in [2.45, 2.75) is 6.04 Å². The third-order valence-electron chi connectivity index (χ3n) is 3.17. The molecule has 1 unspecified atom stereocenters. The lowest BCUT2D eigenvalue weighted by molar-refractivity contribution is 0.354. The maximum Gasteiger partial charge on any atom is 0.173 e. The number of benzene rings is 2. The molecule has 0 aliphatic heterocycles. The Bertz CT molecular complexity index is 664. The Kier molecular flexibility index (Phi) is 4.80. The maximum absolute atomic E-state index is 13.6. The van der Waals surface area contributed by atoms with E-state index in [9.17, 15) is 8.78 Å². The molecule has 2 N–H and O–H groups in total. The van der Waals surface area contributed by atoms with Gasteiger partial charge in [0.1, 0.15) is 0 Å². The number of ether oxygens (including phenoxy) is 2. The first-order valence-electron chi connectivity index (χ1n) is 6.10. The van der Waals surface area contributed by atoms with Crippen LogP contribution in [0.1, 0.15) is 17.2 Å². The first kappa shape index (κ1) is 15.7. The van der Waals surface area contributed by atoms with Crippen LogP contribution in [0.2, 0.25) is 0 Å². The molecule has 0 aliphatic rings. The highest BCUT2D eigenvalue weighted by atomic mass is 79.9. The molecule has 2 aromatic rings. The molecular formula is C15H14BrF2NO2. The van der Waals surface area contributed by atoms with E-state index in [1.807, 2.05) is 0 Å². The van der Waals surface area contributed by atoms with E-state index in [4.69, 9.17) is 15.2 Å². The van der Waals surface area contributed by atoms with Crippen LogP contribution in [0, 0.1) is 11.6 Å². The number of methoxy groups -OCH3 is 2. The largest absolute Gasteiger partial charge is 0.493 e. The summed E-state index contributed by atoms with van der Waals surface area (Å²) in [7, 11) is 3.05. The molecule has 0 heterocycles. The second-order valence-corrected chi connectivity index (χ2v) is 5.15. The highest BCUT2D eigenvalue weighted by molar-refractivity contribution is 9.10. The van der Waals surface area contributed by atoms with E-state index in [-0.39, 0.29) is 4.47 Å². The Morgan fingerprint density at radius 1 is 1.05 bits per heavy atom. The van der Waals surface area contributed by atoms with Crippen molar-refractivity contribution < 1.29 is 18.3 Å². The van der Waals surface area contributed by atoms with E-state index < -0.39 is 17.7 Å². The summed E-state index contributed by atoms with van der Waals surface area (Å²) >= 11 is 3.04. The topological polar surface area (TPSA) is 44.5 Å². The van der Waals surface area contributed by atoms with Crippen molar-refractivity contribution in [2.24, 2.45) is 5.73 Å². The fourth-order valence-corrected chi connectivity index (χ4v) is 2.58. The molecule has 0 saturated heterocycles. The third-order valence-corrected chi connectivity index (χ3v) is 3.97. The highest BCUT2D eigenvalue weighted by Crippen LogP contribution is 2.34. The number of hydrogen-bond donors (Lipinski definition) is 1. The van der Waals surface area contributed by atoms with Gasteiger partial charge in [-0.05, 0) is 45.3 Å². The van der Waals surface area contributed by atoms with Crippen LogP contribution in [0.5, 0.6) is 11.5 Å². The minimum Gasteiger partial charge on any atom is -0.493 e. The number of halogens is 3. The van der Waals surface area contributed by atoms with E-state index in [1.165, 1.54) is 20.3 Å². The van der Waals surface area contributed by atoms with Crippen molar-refractivity contribution in [3.05, 3.63) is 57.6 Å². The van der Waals surface area contributed by atoms with E-state index in [0.29, 0.717) is 22.6 Å². The quantitative estimate of drug-likeness (QED) is 0.846. The van der Waals surface area contributed by atoms with Gasteiger partial charge < -0.3 is 15.2 Å². The van der Waals surface area contributed by atoms with Gasteiger partial charge >= 0.3 is 0 Å². The molecule has 0 saturated carbocycles. The van der Waals surface area contributed by atoms with Crippen LogP contribution in [-0.4, -0.2) is 14.2 Å². The van der Waals surface area contributed by atoms with Gasteiger partial charge in [-0.1, -0.05) is 12.1 Å². The third kappa shape index (κ3) is 3.01. The van der Waals surface area contributed by atoms with Crippen LogP contribution in [0.4, 0.5) is 8.78 Å². The van der Waals surface area contributed by atoms with E-state index in [0.717, 1.165) is 6.07 Å². The zero-order valence-corrected chi connectivity index (χ0v) is 13.1. The maximum atomic E-state index is 13.6. The van der Waals surface area contributed by atoms with Crippen molar-refractivity contribution >= 4 is 15.9 Å². The van der Waals surface area contributed by atoms with Crippen molar-refractivity contribution in [2.75, 3.05) is 14.2 Å². The van der Waals surface area contributed by atoms with E-state index in [1.54, 1.807) is 18.2 Å². The molecular weight excluding hydrogens is 344 g/mol. The first-order chi connectivity index (χ1) is 9.99. The monoisotopic (exact) mass is 357 g/mol. The van der Waals surface area contributed by atoms with Gasteiger partial charge in [-0.3, -0.25) is 0 Å². The minimum atomic E-state index is -0.955. The SMILES string of the molecule is COc1ccc(C(N)c2ccc(F)c(F)c2Br)cc1OC. The molecule has 6 heteroatoms. The van der Waals surface area contributed by atoms with E-state index >= 15 is 0 Å². The lowest BCUT2D eigenvalue weighted by Crippen LogP contribution is -2.13. The molecule has 0 spiro atoms. The summed E-state index contributed by atoms with van der Waals surface area (Å²) in [6, 6.07) is 7.04. The van der Waals surface area contributed by atoms with Gasteiger partial charge in [-0.15, -0.1) is 0 Å². The summed E-state index contributed by atoms with van der Waals surface area (Å²) in [5.74, 6) is -0.796. The summed E-state index contributed by atoms with van der Waals surface area (Å²) in [4.78, 5) is 0. The predicted octanol–water partition coefficient (Wildman–Crippen LogP) is 3.79. The minimum absolute atomic E-state index is 0.0183. The molecule has 2 aromatic carbocycles. The second kappa shape index (κ2) is 6.41. The zero-order chi connectivity index (χ0) is 15.6. The fourth-order valence-electron chi connectivity index (χ4n) is 2.01. The van der Waals surface area contributed by atoms with Crippen molar-refractivity contribution in [1.82, 2.24) is 0 Å². The molecule has 21 heavy (non-hydrogen) atoms. The molecule has 2 rings (SSSR count). The molecule has 0 radical (unpaired) electrons. The summed E-state index contributed by atoms with van der Waals surface area (Å²) in [5.41, 5.74) is 7.28.